The number of carboxylic acid groups (broad SMARTS) is 1. The lowest BCUT2D eigenvalue weighted by molar-refractivity contribution is -0.151. The number of nitrogens with zero attached hydrogens (tertiary/aromatic N) is 5. The molecule has 130 heavy (non-hydrogen) atoms. The van der Waals surface area contributed by atoms with E-state index in [9.17, 15) is 48.9 Å². The van der Waals surface area contributed by atoms with Crippen LogP contribution in [0.15, 0.2) is 170 Å². The number of H-pyrrole nitrogens is 1. The Morgan fingerprint density at radius 1 is 0.469 bits per heavy atom. The van der Waals surface area contributed by atoms with Gasteiger partial charge in [0.05, 0.1) is 25.3 Å². The molecular formula is C94H120N16O19S. The van der Waals surface area contributed by atoms with E-state index in [0.717, 1.165) is 26.5 Å². The number of nitrogens with two attached hydrogens (primary N) is 1. The summed E-state index contributed by atoms with van der Waals surface area (Å²) >= 11 is 0.829. The number of aliphatic carboxylic acids is 1. The van der Waals surface area contributed by atoms with E-state index in [2.05, 4.69) is 52.8 Å². The SMILES string of the molecule is CCCCC1C(=O)N(C)CC(=O)NC(CC(=O)O)C(=O)NC(C(C)C)C(=O)N(C)C(Cc2ccccc2)C(=O)NC(Cc2ccc(O)cc2)C(=O)N(C)C(C)C(=O)NC(Cc2c[nH]c3ccccc23)C(=O)NC(Cc2ccc(O)cc2)C(=O)NC(CC(C)C)C(=O)NC(C(=O)NCC(N)=O)CSCC(=O)NC(Cc2ccccc2)C(=O)N(C)C(Cc2ccccc2)C(=O)N1C. The van der Waals surface area contributed by atoms with Crippen molar-refractivity contribution >= 4 is 117 Å². The van der Waals surface area contributed by atoms with Gasteiger partial charge in [0.2, 0.25) is 88.6 Å². The van der Waals surface area contributed by atoms with Crippen LogP contribution in [0, 0.1) is 11.8 Å². The Kier molecular flexibility index (Phi) is 38.4. The number of para-hydroxylation sites is 1. The maximum absolute atomic E-state index is 15.5. The maximum atomic E-state index is 15.5. The van der Waals surface area contributed by atoms with Crippen molar-refractivity contribution in [2.24, 2.45) is 17.6 Å². The van der Waals surface area contributed by atoms with Crippen molar-refractivity contribution in [2.75, 3.05) is 59.8 Å². The monoisotopic (exact) mass is 1810 g/mol. The van der Waals surface area contributed by atoms with Crippen LogP contribution in [0.4, 0.5) is 0 Å². The molecule has 7 aromatic rings. The average Bonchev–Trinajstić information content (AvgIpc) is 1.67. The van der Waals surface area contributed by atoms with Crippen molar-refractivity contribution in [3.63, 3.8) is 0 Å². The highest BCUT2D eigenvalue weighted by Gasteiger charge is 2.43. The molecule has 1 aliphatic rings. The minimum Gasteiger partial charge on any atom is -0.508 e. The molecule has 0 spiro atoms. The summed E-state index contributed by atoms with van der Waals surface area (Å²) in [5.41, 5.74) is 9.11. The molecule has 1 aliphatic heterocycles. The van der Waals surface area contributed by atoms with Gasteiger partial charge in [-0.2, -0.15) is 0 Å². The number of amides is 15. The van der Waals surface area contributed by atoms with Gasteiger partial charge in [-0.05, 0) is 95.3 Å². The number of carboxylic acids is 1. The number of phenols is 2. The lowest BCUT2D eigenvalue weighted by Crippen LogP contribution is -2.62. The van der Waals surface area contributed by atoms with Gasteiger partial charge >= 0.3 is 5.97 Å². The van der Waals surface area contributed by atoms with Crippen LogP contribution in [0.25, 0.3) is 10.9 Å². The number of carbonyl (C=O) groups is 16. The highest BCUT2D eigenvalue weighted by molar-refractivity contribution is 8.00. The molecule has 1 fully saturated rings. The lowest BCUT2D eigenvalue weighted by Gasteiger charge is -2.37. The molecule has 8 rings (SSSR count). The molecule has 12 unspecified atom stereocenters. The quantitative estimate of drug-likeness (QED) is 0.0438. The molecule has 15 amide bonds. The molecule has 0 aliphatic carbocycles. The molecule has 6 aromatic carbocycles. The van der Waals surface area contributed by atoms with Gasteiger partial charge in [-0.1, -0.05) is 181 Å². The number of hydrogen-bond donors (Lipinski definition) is 14. The molecule has 12 atom stereocenters. The zero-order valence-corrected chi connectivity index (χ0v) is 75.8. The van der Waals surface area contributed by atoms with E-state index in [1.165, 1.54) is 100 Å². The highest BCUT2D eigenvalue weighted by Crippen LogP contribution is 2.25. The normalized spacial score (nSPS) is 22.4. The Bertz CT molecular complexity index is 5100. The number of hydrogen-bond acceptors (Lipinski definition) is 19. The number of rotatable bonds is 23. The van der Waals surface area contributed by atoms with Crippen LogP contribution in [0.2, 0.25) is 0 Å². The number of nitrogens with one attached hydrogen (secondary N) is 10. The maximum Gasteiger partial charge on any atom is 0.305 e. The zero-order valence-electron chi connectivity index (χ0n) is 75.0. The number of unbranched alkanes of at least 4 members (excludes halogenated alkanes) is 1. The summed E-state index contributed by atoms with van der Waals surface area (Å²) in [5.74, 6) is -17.5. The molecule has 0 saturated carbocycles. The molecular weight excluding hydrogens is 1690 g/mol. The Balaban J connectivity index is 1.22. The van der Waals surface area contributed by atoms with E-state index in [-0.39, 0.29) is 74.5 Å². The number of benzene rings is 6. The molecule has 35 nitrogen and oxygen atoms in total. The third kappa shape index (κ3) is 30.0. The minimum atomic E-state index is -1.91. The molecule has 1 saturated heterocycles. The summed E-state index contributed by atoms with van der Waals surface area (Å²) < 4.78 is 0. The van der Waals surface area contributed by atoms with E-state index >= 15 is 43.2 Å². The second kappa shape index (κ2) is 49.0. The molecule has 2 heterocycles. The van der Waals surface area contributed by atoms with E-state index in [0.29, 0.717) is 57.1 Å². The van der Waals surface area contributed by atoms with Gasteiger partial charge in [0.1, 0.15) is 84.0 Å². The van der Waals surface area contributed by atoms with Crippen molar-refractivity contribution in [2.45, 2.75) is 185 Å². The standard InChI is InChI=1S/C94H120N16O19S/c1-12-13-33-75-92(127)106(7)52-79(114)98-71(49-81(116)117)88(123)105-82(56(4)5)94(129)109(10)76(46-59-27-19-15-20-28-59)89(124)103-73(45-62-36-40-65(112)41-37-62)90(125)107(8)57(6)83(118)100-70(48-63-50-96-67-32-24-23-31-66(63)67)87(122)102-69(43-61-34-38-64(111)39-35-61)86(121)101-68(42-55(2)3)85(120)104-74(84(119)97-51-78(95)113)53-130-54-80(115)99-72(44-58-25-17-14-18-26-58)91(126)110(11)77(93(128)108(75)9)47-60-29-21-16-22-30-60/h14-32,34-41,50,55-57,68-77,82,96,111-112H,12-13,33,42-49,51-54H2,1-11H3,(H2,95,113)(H,97,119)(H,98,114)(H,99,115)(H,100,118)(H,101,121)(H,102,122)(H,103,124)(H,104,120)(H,105,123)(H,116,117). The van der Waals surface area contributed by atoms with Crippen molar-refractivity contribution in [1.29, 1.82) is 0 Å². The fraction of sp³-hybridized carbons (Fsp3) is 0.426. The number of aromatic nitrogens is 1. The summed E-state index contributed by atoms with van der Waals surface area (Å²) in [4.78, 5) is 244. The second-order valence-electron chi connectivity index (χ2n) is 33.4. The Morgan fingerprint density at radius 3 is 1.47 bits per heavy atom. The second-order valence-corrected chi connectivity index (χ2v) is 34.5. The Hall–Kier alpha value is -13.7. The van der Waals surface area contributed by atoms with Crippen LogP contribution in [0.3, 0.4) is 0 Å². The van der Waals surface area contributed by atoms with E-state index in [1.807, 2.05) is 6.92 Å². The highest BCUT2D eigenvalue weighted by atomic mass is 32.2. The van der Waals surface area contributed by atoms with Crippen molar-refractivity contribution in [3.05, 3.63) is 203 Å². The topological polar surface area (TPSA) is 500 Å². The van der Waals surface area contributed by atoms with E-state index in [4.69, 9.17) is 5.73 Å². The van der Waals surface area contributed by atoms with Gasteiger partial charge in [-0.25, -0.2) is 0 Å². The van der Waals surface area contributed by atoms with Crippen molar-refractivity contribution < 1.29 is 92.0 Å². The van der Waals surface area contributed by atoms with Crippen LogP contribution in [0.5, 0.6) is 11.5 Å². The summed E-state index contributed by atoms with van der Waals surface area (Å²) in [7, 11) is 6.56. The predicted octanol–water partition coefficient (Wildman–Crippen LogP) is 2.72. The number of aromatic hydroxyl groups is 2. The number of thioether (sulfide) groups is 1. The van der Waals surface area contributed by atoms with Crippen molar-refractivity contribution in [1.82, 2.24) is 77.3 Å². The first-order valence-electron chi connectivity index (χ1n) is 43.1. The van der Waals surface area contributed by atoms with E-state index < -0.39 is 198 Å². The summed E-state index contributed by atoms with van der Waals surface area (Å²) in [5, 5.41) is 55.8. The number of aromatic amines is 1. The van der Waals surface area contributed by atoms with Gasteiger partial charge in [-0.15, -0.1) is 11.8 Å². The molecule has 15 N–H and O–H groups in total. The van der Waals surface area contributed by atoms with Crippen molar-refractivity contribution in [3.8, 4) is 11.5 Å². The van der Waals surface area contributed by atoms with Crippen LogP contribution in [-0.2, 0) is 115 Å². The number of primary amides is 1. The molecule has 1 aromatic heterocycles. The molecule has 36 heteroatoms. The van der Waals surface area contributed by atoms with Crippen LogP contribution in [-0.4, -0.2) is 272 Å². The molecule has 696 valence electrons. The summed E-state index contributed by atoms with van der Waals surface area (Å²) in [6.07, 6.45) is 0.0675. The Labute approximate surface area is 759 Å². The minimum absolute atomic E-state index is 0.0292. The largest absolute Gasteiger partial charge is 0.508 e. The summed E-state index contributed by atoms with van der Waals surface area (Å²) in [6.45, 7) is 8.32. The van der Waals surface area contributed by atoms with Gasteiger partial charge in [0.25, 0.3) is 0 Å². The Morgan fingerprint density at radius 2 is 0.923 bits per heavy atom. The van der Waals surface area contributed by atoms with Gasteiger partial charge in [0.15, 0.2) is 0 Å². The third-order valence-electron chi connectivity index (χ3n) is 22.6. The predicted molar refractivity (Wildman–Crippen MR) is 487 cm³/mol. The van der Waals surface area contributed by atoms with E-state index in [1.54, 1.807) is 149 Å². The first kappa shape index (κ1) is 102. The zero-order chi connectivity index (χ0) is 95.2. The number of carbonyl (C=O) groups excluding carboxylic acids is 15. The van der Waals surface area contributed by atoms with Gasteiger partial charge in [0, 0.05) is 96.6 Å². The number of fused-ring (bicyclic) bond motifs is 1. The van der Waals surface area contributed by atoms with Gasteiger partial charge in [-0.3, -0.25) is 76.7 Å². The number of likely N-dealkylation sites (N-methyl/N-ethyl adjacent to an activating group) is 5. The fourth-order valence-corrected chi connectivity index (χ4v) is 15.9. The lowest BCUT2D eigenvalue weighted by atomic mass is 9.98. The number of phenolic OH excluding ortho intramolecular Hbond substituents is 2. The molecule has 0 radical (unpaired) electrons. The van der Waals surface area contributed by atoms with Crippen LogP contribution in [0.1, 0.15) is 107 Å². The van der Waals surface area contributed by atoms with Crippen LogP contribution < -0.4 is 53.6 Å². The fourth-order valence-electron chi connectivity index (χ4n) is 15.1. The average molecular weight is 1810 g/mol. The smallest absolute Gasteiger partial charge is 0.305 e. The first-order valence-corrected chi connectivity index (χ1v) is 44.3. The summed E-state index contributed by atoms with van der Waals surface area (Å²) in [6, 6.07) is 25.7. The first-order chi connectivity index (χ1) is 61.8. The molecule has 0 bridgehead atoms. The van der Waals surface area contributed by atoms with Gasteiger partial charge < -0.3 is 98.4 Å². The third-order valence-corrected chi connectivity index (χ3v) is 23.6. The van der Waals surface area contributed by atoms with Crippen LogP contribution >= 0.6 is 11.8 Å².